The molecule has 0 aliphatic heterocycles. The van der Waals surface area contributed by atoms with Crippen LogP contribution in [0.5, 0.6) is 5.75 Å². The summed E-state index contributed by atoms with van der Waals surface area (Å²) in [4.78, 5) is 0. The van der Waals surface area contributed by atoms with Gasteiger partial charge in [-0.25, -0.2) is 0 Å². The monoisotopic (exact) mass is 395 g/mol. The molecule has 0 fully saturated rings. The molecule has 2 nitrogen and oxygen atoms in total. The predicted octanol–water partition coefficient (Wildman–Crippen LogP) is 4.23. The van der Waals surface area contributed by atoms with Crippen LogP contribution in [0.15, 0.2) is 21.1 Å². The molecule has 2 N–H and O–H groups in total. The molecule has 1 atom stereocenters. The van der Waals surface area contributed by atoms with Gasteiger partial charge in [0.15, 0.2) is 0 Å². The maximum atomic E-state index is 5.81. The maximum absolute atomic E-state index is 5.81. The lowest BCUT2D eigenvalue weighted by Crippen LogP contribution is -2.17. The Morgan fingerprint density at radius 2 is 1.94 bits per heavy atom. The lowest BCUT2D eigenvalue weighted by molar-refractivity contribution is 0.339. The van der Waals surface area contributed by atoms with Gasteiger partial charge in [0.25, 0.3) is 0 Å². The van der Waals surface area contributed by atoms with Crippen LogP contribution in [0.2, 0.25) is 0 Å². The predicted molar refractivity (Wildman–Crippen MR) is 87.7 cm³/mol. The second-order valence-electron chi connectivity index (χ2n) is 4.12. The number of hydrogen-bond acceptors (Lipinski definition) is 3. The minimum atomic E-state index is 0.163. The average Bonchev–Trinajstić information content (AvgIpc) is 2.26. The molecule has 0 spiro atoms. The van der Waals surface area contributed by atoms with Gasteiger partial charge in [-0.15, -0.1) is 0 Å². The van der Waals surface area contributed by atoms with Crippen LogP contribution in [-0.2, 0) is 6.42 Å². The molecule has 5 heteroatoms. The van der Waals surface area contributed by atoms with Gasteiger partial charge in [0.2, 0.25) is 0 Å². The Kier molecular flexibility index (Phi) is 7.68. The summed E-state index contributed by atoms with van der Waals surface area (Å²) in [5.41, 5.74) is 7.02. The molecular formula is C13H19Br2NOS. The molecule has 1 rings (SSSR count). The van der Waals surface area contributed by atoms with E-state index in [1.807, 2.05) is 18.7 Å². The van der Waals surface area contributed by atoms with E-state index in [0.29, 0.717) is 0 Å². The van der Waals surface area contributed by atoms with Crippen molar-refractivity contribution in [2.75, 3.05) is 18.1 Å². The fourth-order valence-electron chi connectivity index (χ4n) is 1.59. The van der Waals surface area contributed by atoms with E-state index in [9.17, 15) is 0 Å². The average molecular weight is 397 g/mol. The van der Waals surface area contributed by atoms with Crippen LogP contribution in [0.3, 0.4) is 0 Å². The number of benzene rings is 1. The summed E-state index contributed by atoms with van der Waals surface area (Å²) in [7, 11) is 0. The number of nitrogens with two attached hydrogens (primary N) is 1. The van der Waals surface area contributed by atoms with Crippen LogP contribution < -0.4 is 10.5 Å². The summed E-state index contributed by atoms with van der Waals surface area (Å²) < 4.78 is 7.74. The smallest absolute Gasteiger partial charge is 0.147 e. The number of hydrogen-bond donors (Lipinski definition) is 1. The summed E-state index contributed by atoms with van der Waals surface area (Å²) in [6.07, 6.45) is 0.864. The van der Waals surface area contributed by atoms with E-state index in [1.54, 1.807) is 0 Å². The van der Waals surface area contributed by atoms with Crippen LogP contribution >= 0.6 is 43.6 Å². The van der Waals surface area contributed by atoms with Crippen molar-refractivity contribution >= 4 is 43.6 Å². The minimum Gasteiger partial charge on any atom is -0.490 e. The summed E-state index contributed by atoms with van der Waals surface area (Å²) in [5, 5.41) is 0. The van der Waals surface area contributed by atoms with Crippen molar-refractivity contribution < 1.29 is 4.74 Å². The molecule has 1 aromatic rings. The van der Waals surface area contributed by atoms with E-state index in [0.717, 1.165) is 39.2 Å². The third-order valence-corrected chi connectivity index (χ3v) is 4.34. The highest BCUT2D eigenvalue weighted by molar-refractivity contribution is 9.11. The summed E-state index contributed by atoms with van der Waals surface area (Å²) in [6, 6.07) is 4.32. The maximum Gasteiger partial charge on any atom is 0.147 e. The number of rotatable bonds is 7. The van der Waals surface area contributed by atoms with Crippen molar-refractivity contribution in [3.63, 3.8) is 0 Å². The Morgan fingerprint density at radius 3 is 2.44 bits per heavy atom. The minimum absolute atomic E-state index is 0.163. The standard InChI is InChI=1S/C13H19Br2NOS/c1-3-18-5-4-17-13-11(14)7-10(6-9(2)16)8-12(13)15/h7-9H,3-6,16H2,1-2H3. The third kappa shape index (κ3) is 5.51. The molecule has 1 unspecified atom stereocenters. The third-order valence-electron chi connectivity index (χ3n) is 2.29. The molecule has 0 amide bonds. The summed E-state index contributed by atoms with van der Waals surface area (Å²) in [6.45, 7) is 4.88. The largest absolute Gasteiger partial charge is 0.490 e. The summed E-state index contributed by atoms with van der Waals surface area (Å²) >= 11 is 8.99. The van der Waals surface area contributed by atoms with Crippen molar-refractivity contribution in [1.82, 2.24) is 0 Å². The Balaban J connectivity index is 2.68. The second-order valence-corrected chi connectivity index (χ2v) is 7.22. The first kappa shape index (κ1) is 16.3. The molecule has 0 heterocycles. The highest BCUT2D eigenvalue weighted by Crippen LogP contribution is 2.35. The lowest BCUT2D eigenvalue weighted by Gasteiger charge is -2.13. The zero-order valence-electron chi connectivity index (χ0n) is 10.7. The van der Waals surface area contributed by atoms with E-state index in [4.69, 9.17) is 10.5 Å². The van der Waals surface area contributed by atoms with E-state index >= 15 is 0 Å². The molecule has 0 aromatic heterocycles. The molecule has 0 saturated carbocycles. The fourth-order valence-corrected chi connectivity index (χ4v) is 3.59. The van der Waals surface area contributed by atoms with Crippen LogP contribution in [-0.4, -0.2) is 24.2 Å². The Hall–Kier alpha value is 0.290. The van der Waals surface area contributed by atoms with Crippen molar-refractivity contribution in [2.45, 2.75) is 26.3 Å². The van der Waals surface area contributed by atoms with Crippen LogP contribution in [0.25, 0.3) is 0 Å². The van der Waals surface area contributed by atoms with E-state index < -0.39 is 0 Å². The SMILES string of the molecule is CCSCCOc1c(Br)cc(CC(C)N)cc1Br. The topological polar surface area (TPSA) is 35.2 Å². The quantitative estimate of drug-likeness (QED) is 0.700. The van der Waals surface area contributed by atoms with Gasteiger partial charge in [-0.2, -0.15) is 11.8 Å². The van der Waals surface area contributed by atoms with Crippen LogP contribution in [0.1, 0.15) is 19.4 Å². The van der Waals surface area contributed by atoms with Gasteiger partial charge in [-0.05, 0) is 68.7 Å². The van der Waals surface area contributed by atoms with Gasteiger partial charge in [0.05, 0.1) is 15.6 Å². The molecule has 1 aromatic carbocycles. The first-order valence-corrected chi connectivity index (χ1v) is 8.72. The normalized spacial score (nSPS) is 12.5. The number of thioether (sulfide) groups is 1. The zero-order chi connectivity index (χ0) is 13.5. The molecule has 0 bridgehead atoms. The first-order valence-electron chi connectivity index (χ1n) is 5.98. The van der Waals surface area contributed by atoms with Gasteiger partial charge in [-0.3, -0.25) is 0 Å². The van der Waals surface area contributed by atoms with Crippen molar-refractivity contribution in [3.05, 3.63) is 26.6 Å². The van der Waals surface area contributed by atoms with Gasteiger partial charge < -0.3 is 10.5 Å². The zero-order valence-corrected chi connectivity index (χ0v) is 14.7. The lowest BCUT2D eigenvalue weighted by atomic mass is 10.1. The molecular weight excluding hydrogens is 378 g/mol. The van der Waals surface area contributed by atoms with Crippen LogP contribution in [0.4, 0.5) is 0 Å². The van der Waals surface area contributed by atoms with E-state index in [1.165, 1.54) is 5.56 Å². The van der Waals surface area contributed by atoms with Gasteiger partial charge in [0.1, 0.15) is 5.75 Å². The fraction of sp³-hybridized carbons (Fsp3) is 0.538. The highest BCUT2D eigenvalue weighted by atomic mass is 79.9. The molecule has 0 aliphatic carbocycles. The first-order chi connectivity index (χ1) is 8.54. The van der Waals surface area contributed by atoms with Crippen molar-refractivity contribution in [3.8, 4) is 5.75 Å². The number of ether oxygens (including phenoxy) is 1. The summed E-state index contributed by atoms with van der Waals surface area (Å²) in [5.74, 6) is 3.01. The molecule has 0 radical (unpaired) electrons. The van der Waals surface area contributed by atoms with Gasteiger partial charge in [0, 0.05) is 11.8 Å². The Bertz CT molecular complexity index is 362. The van der Waals surface area contributed by atoms with Gasteiger partial charge >= 0.3 is 0 Å². The highest BCUT2D eigenvalue weighted by Gasteiger charge is 2.10. The Labute approximate surface area is 130 Å². The Morgan fingerprint density at radius 1 is 1.33 bits per heavy atom. The van der Waals surface area contributed by atoms with Crippen molar-refractivity contribution in [1.29, 1.82) is 0 Å². The van der Waals surface area contributed by atoms with Gasteiger partial charge in [-0.1, -0.05) is 6.92 Å². The van der Waals surface area contributed by atoms with E-state index in [-0.39, 0.29) is 6.04 Å². The molecule has 102 valence electrons. The van der Waals surface area contributed by atoms with Crippen LogP contribution in [0, 0.1) is 0 Å². The molecule has 0 saturated heterocycles. The second kappa shape index (κ2) is 8.46. The van der Waals surface area contributed by atoms with Crippen molar-refractivity contribution in [2.24, 2.45) is 5.73 Å². The number of halogens is 2. The molecule has 0 aliphatic rings. The van der Waals surface area contributed by atoms with E-state index in [2.05, 4.69) is 50.9 Å². The molecule has 18 heavy (non-hydrogen) atoms.